The van der Waals surface area contributed by atoms with Gasteiger partial charge in [-0.2, -0.15) is 5.10 Å². The summed E-state index contributed by atoms with van der Waals surface area (Å²) in [6.45, 7) is 2.04. The maximum atomic E-state index is 5.30. The van der Waals surface area contributed by atoms with Crippen LogP contribution in [0.3, 0.4) is 0 Å². The number of rotatable bonds is 5. The summed E-state index contributed by atoms with van der Waals surface area (Å²) in [5, 5.41) is 7.79. The number of nitrogens with zero attached hydrogens (tertiary/aromatic N) is 2. The number of likely N-dealkylation sites (N-methyl/N-ethyl adjacent to an activating group) is 1. The lowest BCUT2D eigenvalue weighted by Crippen LogP contribution is -2.19. The van der Waals surface area contributed by atoms with Crippen molar-refractivity contribution in [2.45, 2.75) is 19.4 Å². The Morgan fingerprint density at radius 2 is 2.20 bits per heavy atom. The molecule has 1 heterocycles. The van der Waals surface area contributed by atoms with Gasteiger partial charge in [-0.25, -0.2) is 0 Å². The third kappa shape index (κ3) is 3.22. The molecule has 1 unspecified atom stereocenters. The largest absolute Gasteiger partial charge is 0.497 e. The maximum absolute atomic E-state index is 5.30. The van der Waals surface area contributed by atoms with Crippen LogP contribution in [0.4, 0.5) is 0 Å². The highest BCUT2D eigenvalue weighted by Crippen LogP contribution is 2.28. The normalized spacial score (nSPS) is 12.4. The van der Waals surface area contributed by atoms with E-state index in [4.69, 9.17) is 4.74 Å². The van der Waals surface area contributed by atoms with Crippen molar-refractivity contribution in [3.05, 3.63) is 45.7 Å². The van der Waals surface area contributed by atoms with E-state index < -0.39 is 0 Å². The van der Waals surface area contributed by atoms with E-state index in [-0.39, 0.29) is 6.04 Å². The summed E-state index contributed by atoms with van der Waals surface area (Å²) in [6, 6.07) is 6.28. The SMILES string of the molecule is CNC(Cc1cc(OC)ccc1Br)c1cn(C)nc1C. The zero-order valence-electron chi connectivity index (χ0n) is 12.3. The average Bonchev–Trinajstić information content (AvgIpc) is 2.76. The number of halogens is 1. The first kappa shape index (κ1) is 15.1. The fraction of sp³-hybridized carbons (Fsp3) is 0.400. The molecule has 5 heteroatoms. The van der Waals surface area contributed by atoms with Crippen LogP contribution in [0, 0.1) is 6.92 Å². The zero-order valence-corrected chi connectivity index (χ0v) is 13.9. The van der Waals surface area contributed by atoms with E-state index in [2.05, 4.69) is 38.6 Å². The lowest BCUT2D eigenvalue weighted by atomic mass is 9.99. The van der Waals surface area contributed by atoms with Crippen molar-refractivity contribution in [3.8, 4) is 5.75 Å². The summed E-state index contributed by atoms with van der Waals surface area (Å²) < 4.78 is 8.25. The molecule has 0 spiro atoms. The van der Waals surface area contributed by atoms with Gasteiger partial charge < -0.3 is 10.1 Å². The molecule has 0 radical (unpaired) electrons. The molecule has 2 rings (SSSR count). The van der Waals surface area contributed by atoms with Gasteiger partial charge in [0.1, 0.15) is 5.75 Å². The fourth-order valence-corrected chi connectivity index (χ4v) is 2.79. The van der Waals surface area contributed by atoms with Crippen molar-refractivity contribution >= 4 is 15.9 Å². The van der Waals surface area contributed by atoms with Gasteiger partial charge in [0.15, 0.2) is 0 Å². The van der Waals surface area contributed by atoms with Crippen molar-refractivity contribution in [2.75, 3.05) is 14.2 Å². The van der Waals surface area contributed by atoms with Crippen LogP contribution < -0.4 is 10.1 Å². The third-order valence-corrected chi connectivity index (χ3v) is 4.23. The third-order valence-electron chi connectivity index (χ3n) is 3.45. The molecule has 0 amide bonds. The molecule has 0 fully saturated rings. The van der Waals surface area contributed by atoms with Gasteiger partial charge in [-0.15, -0.1) is 0 Å². The molecule has 2 aromatic rings. The van der Waals surface area contributed by atoms with Crippen molar-refractivity contribution in [3.63, 3.8) is 0 Å². The number of benzene rings is 1. The number of ether oxygens (including phenoxy) is 1. The van der Waals surface area contributed by atoms with Crippen molar-refractivity contribution in [1.82, 2.24) is 15.1 Å². The van der Waals surface area contributed by atoms with E-state index in [0.717, 1.165) is 22.3 Å². The molecule has 1 aromatic heterocycles. The molecule has 0 aliphatic rings. The highest BCUT2D eigenvalue weighted by atomic mass is 79.9. The summed E-state index contributed by atoms with van der Waals surface area (Å²) in [7, 11) is 5.61. The smallest absolute Gasteiger partial charge is 0.119 e. The molecule has 0 saturated heterocycles. The van der Waals surface area contributed by atoms with E-state index in [1.807, 2.05) is 37.8 Å². The quantitative estimate of drug-likeness (QED) is 0.911. The number of methoxy groups -OCH3 is 1. The van der Waals surface area contributed by atoms with Gasteiger partial charge in [0.2, 0.25) is 0 Å². The van der Waals surface area contributed by atoms with Gasteiger partial charge in [-0.3, -0.25) is 4.68 Å². The van der Waals surface area contributed by atoms with Crippen molar-refractivity contribution in [1.29, 1.82) is 0 Å². The molecule has 108 valence electrons. The second-order valence-electron chi connectivity index (χ2n) is 4.85. The number of aromatic nitrogens is 2. The summed E-state index contributed by atoms with van der Waals surface area (Å²) >= 11 is 3.61. The van der Waals surface area contributed by atoms with Crippen LogP contribution in [0.15, 0.2) is 28.9 Å². The Labute approximate surface area is 128 Å². The van der Waals surface area contributed by atoms with Gasteiger partial charge in [-0.05, 0) is 44.2 Å². The fourth-order valence-electron chi connectivity index (χ4n) is 2.38. The molecule has 1 aromatic carbocycles. The van der Waals surface area contributed by atoms with Crippen molar-refractivity contribution in [2.24, 2.45) is 7.05 Å². The molecular weight excluding hydrogens is 318 g/mol. The predicted molar refractivity (Wildman–Crippen MR) is 84.1 cm³/mol. The lowest BCUT2D eigenvalue weighted by Gasteiger charge is -2.17. The first-order valence-corrected chi connectivity index (χ1v) is 7.34. The highest BCUT2D eigenvalue weighted by molar-refractivity contribution is 9.10. The maximum Gasteiger partial charge on any atom is 0.119 e. The molecule has 0 aliphatic carbocycles. The molecule has 20 heavy (non-hydrogen) atoms. The van der Waals surface area contributed by atoms with Crippen LogP contribution in [-0.2, 0) is 13.5 Å². The van der Waals surface area contributed by atoms with Gasteiger partial charge in [0.05, 0.1) is 12.8 Å². The van der Waals surface area contributed by atoms with Crippen LogP contribution in [0.2, 0.25) is 0 Å². The van der Waals surface area contributed by atoms with Crippen LogP contribution in [-0.4, -0.2) is 23.9 Å². The van der Waals surface area contributed by atoms with Gasteiger partial charge in [0, 0.05) is 29.3 Å². The van der Waals surface area contributed by atoms with Crippen LogP contribution >= 0.6 is 15.9 Å². The minimum Gasteiger partial charge on any atom is -0.497 e. The van der Waals surface area contributed by atoms with E-state index in [0.29, 0.717) is 0 Å². The van der Waals surface area contributed by atoms with Crippen LogP contribution in [0.25, 0.3) is 0 Å². The van der Waals surface area contributed by atoms with Crippen LogP contribution in [0.1, 0.15) is 22.9 Å². The monoisotopic (exact) mass is 337 g/mol. The van der Waals surface area contributed by atoms with Crippen molar-refractivity contribution < 1.29 is 4.74 Å². The second kappa shape index (κ2) is 6.41. The van der Waals surface area contributed by atoms with E-state index in [1.54, 1.807) is 7.11 Å². The van der Waals surface area contributed by atoms with E-state index in [1.165, 1.54) is 11.1 Å². The molecule has 1 N–H and O–H groups in total. The number of nitrogens with one attached hydrogen (secondary N) is 1. The Bertz CT molecular complexity index is 595. The standard InChI is InChI=1S/C15H20BrN3O/c1-10-13(9-19(3)18-10)15(17-2)8-11-7-12(20-4)5-6-14(11)16/h5-7,9,15,17H,8H2,1-4H3. The molecule has 4 nitrogen and oxygen atoms in total. The Morgan fingerprint density at radius 3 is 2.75 bits per heavy atom. The molecular formula is C15H20BrN3O. The molecule has 0 bridgehead atoms. The Balaban J connectivity index is 2.28. The van der Waals surface area contributed by atoms with E-state index in [9.17, 15) is 0 Å². The zero-order chi connectivity index (χ0) is 14.7. The Morgan fingerprint density at radius 1 is 1.45 bits per heavy atom. The topological polar surface area (TPSA) is 39.1 Å². The lowest BCUT2D eigenvalue weighted by molar-refractivity contribution is 0.413. The number of hydrogen-bond acceptors (Lipinski definition) is 3. The number of aryl methyl sites for hydroxylation is 2. The van der Waals surface area contributed by atoms with Gasteiger partial charge >= 0.3 is 0 Å². The summed E-state index contributed by atoms with van der Waals surface area (Å²) in [6.07, 6.45) is 2.95. The second-order valence-corrected chi connectivity index (χ2v) is 5.70. The number of hydrogen-bond donors (Lipinski definition) is 1. The minimum atomic E-state index is 0.229. The molecule has 0 saturated carbocycles. The Kier molecular flexibility index (Phi) is 4.83. The minimum absolute atomic E-state index is 0.229. The summed E-state index contributed by atoms with van der Waals surface area (Å²) in [4.78, 5) is 0. The van der Waals surface area contributed by atoms with E-state index >= 15 is 0 Å². The first-order chi connectivity index (χ1) is 9.55. The average molecular weight is 338 g/mol. The predicted octanol–water partition coefficient (Wildman–Crippen LogP) is 3.00. The first-order valence-electron chi connectivity index (χ1n) is 6.55. The van der Waals surface area contributed by atoms with Gasteiger partial charge in [-0.1, -0.05) is 15.9 Å². The Hall–Kier alpha value is -1.33. The van der Waals surface area contributed by atoms with Gasteiger partial charge in [0.25, 0.3) is 0 Å². The van der Waals surface area contributed by atoms with Crippen LogP contribution in [0.5, 0.6) is 5.75 Å². The molecule has 1 atom stereocenters. The summed E-state index contributed by atoms with van der Waals surface area (Å²) in [5.74, 6) is 0.876. The highest BCUT2D eigenvalue weighted by Gasteiger charge is 2.17. The molecule has 0 aliphatic heterocycles. The summed E-state index contributed by atoms with van der Waals surface area (Å²) in [5.41, 5.74) is 3.50.